The molecular formula is C21H18ClN3O4S. The van der Waals surface area contributed by atoms with Crippen LogP contribution < -0.4 is 15.4 Å². The molecule has 0 bridgehead atoms. The summed E-state index contributed by atoms with van der Waals surface area (Å²) in [6.07, 6.45) is 0. The number of rotatable bonds is 6. The Balaban J connectivity index is 1.84. The highest BCUT2D eigenvalue weighted by Crippen LogP contribution is 2.25. The van der Waals surface area contributed by atoms with E-state index in [1.165, 1.54) is 61.6 Å². The van der Waals surface area contributed by atoms with Crippen LogP contribution >= 0.6 is 11.6 Å². The van der Waals surface area contributed by atoms with E-state index in [0.29, 0.717) is 22.0 Å². The molecular weight excluding hydrogens is 426 g/mol. The van der Waals surface area contributed by atoms with Crippen molar-refractivity contribution in [3.8, 4) is 0 Å². The molecule has 0 fully saturated rings. The Morgan fingerprint density at radius 1 is 0.933 bits per heavy atom. The standard InChI is InChI=1S/C21H18ClN3O4S/c1-25(18-6-3-5-16(22)13-18)30(28,29)19-7-2-4-15(12-19)21(27)24-17-10-8-14(9-11-17)20(23)26/h2-13H,1H3,(H2,23,26)(H,24,27). The fraction of sp³-hybridized carbons (Fsp3) is 0.0476. The van der Waals surface area contributed by atoms with Gasteiger partial charge in [0.25, 0.3) is 15.9 Å². The molecule has 0 aliphatic rings. The van der Waals surface area contributed by atoms with E-state index in [2.05, 4.69) is 5.32 Å². The molecule has 30 heavy (non-hydrogen) atoms. The van der Waals surface area contributed by atoms with Gasteiger partial charge in [0.15, 0.2) is 0 Å². The maximum absolute atomic E-state index is 13.0. The van der Waals surface area contributed by atoms with Crippen LogP contribution in [0.4, 0.5) is 11.4 Å². The number of amides is 2. The SMILES string of the molecule is CN(c1cccc(Cl)c1)S(=O)(=O)c1cccc(C(=O)Nc2ccc(C(N)=O)cc2)c1. The van der Waals surface area contributed by atoms with E-state index >= 15 is 0 Å². The molecule has 3 aromatic carbocycles. The smallest absolute Gasteiger partial charge is 0.264 e. The molecule has 0 heterocycles. The van der Waals surface area contributed by atoms with Gasteiger partial charge in [0, 0.05) is 28.9 Å². The first-order chi connectivity index (χ1) is 14.2. The number of nitrogens with two attached hydrogens (primary N) is 1. The molecule has 7 nitrogen and oxygen atoms in total. The van der Waals surface area contributed by atoms with Crippen LogP contribution in [0, 0.1) is 0 Å². The van der Waals surface area contributed by atoms with Gasteiger partial charge < -0.3 is 11.1 Å². The van der Waals surface area contributed by atoms with E-state index in [4.69, 9.17) is 17.3 Å². The highest BCUT2D eigenvalue weighted by Gasteiger charge is 2.22. The molecule has 0 aliphatic heterocycles. The van der Waals surface area contributed by atoms with Crippen LogP contribution in [0.25, 0.3) is 0 Å². The number of hydrogen-bond acceptors (Lipinski definition) is 4. The number of hydrogen-bond donors (Lipinski definition) is 2. The molecule has 3 N–H and O–H groups in total. The third-order valence-electron chi connectivity index (χ3n) is 4.35. The summed E-state index contributed by atoms with van der Waals surface area (Å²) in [5, 5.41) is 3.06. The lowest BCUT2D eigenvalue weighted by molar-refractivity contribution is 0.0998. The zero-order valence-electron chi connectivity index (χ0n) is 15.9. The van der Waals surface area contributed by atoms with Crippen LogP contribution in [0.15, 0.2) is 77.7 Å². The molecule has 0 saturated carbocycles. The fourth-order valence-corrected chi connectivity index (χ4v) is 4.11. The normalized spacial score (nSPS) is 11.0. The Kier molecular flexibility index (Phi) is 6.09. The molecule has 0 atom stereocenters. The van der Waals surface area contributed by atoms with Crippen LogP contribution in [-0.2, 0) is 10.0 Å². The number of primary amides is 1. The molecule has 0 aliphatic carbocycles. The quantitative estimate of drug-likeness (QED) is 0.607. The minimum atomic E-state index is -3.91. The first-order valence-corrected chi connectivity index (χ1v) is 10.6. The van der Waals surface area contributed by atoms with Crippen molar-refractivity contribution in [2.75, 3.05) is 16.7 Å². The Labute approximate surface area is 179 Å². The van der Waals surface area contributed by atoms with Gasteiger partial charge in [-0.1, -0.05) is 23.7 Å². The lowest BCUT2D eigenvalue weighted by Gasteiger charge is -2.20. The molecule has 154 valence electrons. The summed E-state index contributed by atoms with van der Waals surface area (Å²) in [6.45, 7) is 0. The number of anilines is 2. The topological polar surface area (TPSA) is 110 Å². The zero-order valence-corrected chi connectivity index (χ0v) is 17.4. The molecule has 3 aromatic rings. The van der Waals surface area contributed by atoms with Crippen LogP contribution in [0.1, 0.15) is 20.7 Å². The van der Waals surface area contributed by atoms with Gasteiger partial charge in [-0.3, -0.25) is 13.9 Å². The second-order valence-corrected chi connectivity index (χ2v) is 8.78. The largest absolute Gasteiger partial charge is 0.366 e. The molecule has 0 aromatic heterocycles. The van der Waals surface area contributed by atoms with Gasteiger partial charge in [0.1, 0.15) is 0 Å². The van der Waals surface area contributed by atoms with E-state index < -0.39 is 21.8 Å². The summed E-state index contributed by atoms with van der Waals surface area (Å²) >= 11 is 5.96. The van der Waals surface area contributed by atoms with Crippen LogP contribution in [0.2, 0.25) is 5.02 Å². The molecule has 3 rings (SSSR count). The van der Waals surface area contributed by atoms with E-state index in [1.54, 1.807) is 18.2 Å². The van der Waals surface area contributed by atoms with Crippen molar-refractivity contribution in [3.63, 3.8) is 0 Å². The number of nitrogens with zero attached hydrogens (tertiary/aromatic N) is 1. The van der Waals surface area contributed by atoms with E-state index in [0.717, 1.165) is 4.31 Å². The highest BCUT2D eigenvalue weighted by molar-refractivity contribution is 7.92. The predicted octanol–water partition coefficient (Wildman–Crippen LogP) is 3.52. The van der Waals surface area contributed by atoms with Crippen molar-refractivity contribution < 1.29 is 18.0 Å². The summed E-state index contributed by atoms with van der Waals surface area (Å²) in [5.41, 5.74) is 6.50. The van der Waals surface area contributed by atoms with Crippen molar-refractivity contribution >= 4 is 44.8 Å². The molecule has 2 amide bonds. The molecule has 0 radical (unpaired) electrons. The summed E-state index contributed by atoms with van der Waals surface area (Å²) in [7, 11) is -2.50. The van der Waals surface area contributed by atoms with Crippen LogP contribution in [0.3, 0.4) is 0 Å². The average molecular weight is 444 g/mol. The van der Waals surface area contributed by atoms with Gasteiger partial charge >= 0.3 is 0 Å². The van der Waals surface area contributed by atoms with Crippen molar-refractivity contribution in [1.82, 2.24) is 0 Å². The van der Waals surface area contributed by atoms with Gasteiger partial charge in [-0.2, -0.15) is 0 Å². The number of sulfonamides is 1. The second-order valence-electron chi connectivity index (χ2n) is 6.38. The second kappa shape index (κ2) is 8.56. The van der Waals surface area contributed by atoms with Gasteiger partial charge in [-0.05, 0) is 60.7 Å². The number of nitrogens with one attached hydrogen (secondary N) is 1. The van der Waals surface area contributed by atoms with Gasteiger partial charge in [0.05, 0.1) is 10.6 Å². The van der Waals surface area contributed by atoms with E-state index in [1.807, 2.05) is 0 Å². The third kappa shape index (κ3) is 4.61. The molecule has 0 saturated heterocycles. The van der Waals surface area contributed by atoms with Crippen molar-refractivity contribution in [3.05, 3.63) is 88.9 Å². The Morgan fingerprint density at radius 3 is 2.23 bits per heavy atom. The Hall–Kier alpha value is -3.36. The Bertz CT molecular complexity index is 1210. The van der Waals surface area contributed by atoms with E-state index in [-0.39, 0.29) is 10.5 Å². The summed E-state index contributed by atoms with van der Waals surface area (Å²) in [6, 6.07) is 18.2. The number of halogens is 1. The molecule has 0 spiro atoms. The van der Waals surface area contributed by atoms with E-state index in [9.17, 15) is 18.0 Å². The van der Waals surface area contributed by atoms with Crippen molar-refractivity contribution in [2.45, 2.75) is 4.90 Å². The minimum absolute atomic E-state index is 0.0401. The van der Waals surface area contributed by atoms with Crippen molar-refractivity contribution in [2.24, 2.45) is 5.73 Å². The maximum atomic E-state index is 13.0. The third-order valence-corrected chi connectivity index (χ3v) is 6.37. The van der Waals surface area contributed by atoms with Crippen molar-refractivity contribution in [1.29, 1.82) is 0 Å². The first-order valence-electron chi connectivity index (χ1n) is 8.74. The van der Waals surface area contributed by atoms with Gasteiger partial charge in [0.2, 0.25) is 5.91 Å². The minimum Gasteiger partial charge on any atom is -0.366 e. The average Bonchev–Trinajstić information content (AvgIpc) is 2.73. The summed E-state index contributed by atoms with van der Waals surface area (Å²) in [5.74, 6) is -1.07. The fourth-order valence-electron chi connectivity index (χ4n) is 2.69. The zero-order chi connectivity index (χ0) is 21.9. The van der Waals surface area contributed by atoms with Crippen LogP contribution in [0.5, 0.6) is 0 Å². The number of carbonyl (C=O) groups excluding carboxylic acids is 2. The molecule has 9 heteroatoms. The van der Waals surface area contributed by atoms with Gasteiger partial charge in [-0.15, -0.1) is 0 Å². The lowest BCUT2D eigenvalue weighted by Crippen LogP contribution is -2.26. The highest BCUT2D eigenvalue weighted by atomic mass is 35.5. The maximum Gasteiger partial charge on any atom is 0.264 e. The van der Waals surface area contributed by atoms with Crippen LogP contribution in [-0.4, -0.2) is 27.3 Å². The molecule has 0 unspecified atom stereocenters. The Morgan fingerprint density at radius 2 is 1.60 bits per heavy atom. The monoisotopic (exact) mass is 443 g/mol. The summed E-state index contributed by atoms with van der Waals surface area (Å²) in [4.78, 5) is 23.7. The predicted molar refractivity (Wildman–Crippen MR) is 116 cm³/mol. The first kappa shape index (κ1) is 21.4. The van der Waals surface area contributed by atoms with Gasteiger partial charge in [-0.25, -0.2) is 8.42 Å². The number of benzene rings is 3. The summed E-state index contributed by atoms with van der Waals surface area (Å²) < 4.78 is 27.1. The number of carbonyl (C=O) groups is 2. The lowest BCUT2D eigenvalue weighted by atomic mass is 10.2.